The summed E-state index contributed by atoms with van der Waals surface area (Å²) in [5.74, 6) is -0.766. The van der Waals surface area contributed by atoms with E-state index < -0.39 is 9.24 Å². The fraction of sp³-hybridized carbons (Fsp3) is 0.857. The predicted octanol–water partition coefficient (Wildman–Crippen LogP) is 0.355. The number of halogens is 1. The van der Waals surface area contributed by atoms with E-state index in [1.165, 1.54) is 7.11 Å². The Bertz CT molecular complexity index is 316. The van der Waals surface area contributed by atoms with Crippen LogP contribution in [0.25, 0.3) is 0 Å². The summed E-state index contributed by atoms with van der Waals surface area (Å²) in [5, 5.41) is 0. The van der Waals surface area contributed by atoms with E-state index in [1.807, 2.05) is 0 Å². The third kappa shape index (κ3) is 2.83. The average molecular weight is 242 g/mol. The molecule has 14 heavy (non-hydrogen) atoms. The molecule has 1 atom stereocenters. The molecule has 5 nitrogen and oxygen atoms in total. The van der Waals surface area contributed by atoms with E-state index in [4.69, 9.17) is 10.7 Å². The van der Waals surface area contributed by atoms with Crippen molar-refractivity contribution < 1.29 is 17.9 Å². The Kier molecular flexibility index (Phi) is 3.74. The van der Waals surface area contributed by atoms with E-state index in [9.17, 15) is 13.2 Å². The fourth-order valence-electron chi connectivity index (χ4n) is 1.50. The predicted molar refractivity (Wildman–Crippen MR) is 51.1 cm³/mol. The average Bonchev–Trinajstić information content (AvgIpc) is 2.15. The van der Waals surface area contributed by atoms with E-state index in [0.717, 1.165) is 4.31 Å². The van der Waals surface area contributed by atoms with Gasteiger partial charge in [-0.05, 0) is 12.8 Å². The standard InChI is InChI=1S/C7H12ClNO4S/c1-13-7(10)6-3-2-4-9(5-6)14(8,11)12/h6H,2-5H2,1H3. The van der Waals surface area contributed by atoms with Gasteiger partial charge in [0.25, 0.3) is 9.24 Å². The lowest BCUT2D eigenvalue weighted by Crippen LogP contribution is -2.40. The van der Waals surface area contributed by atoms with E-state index in [1.54, 1.807) is 0 Å². The van der Waals surface area contributed by atoms with Gasteiger partial charge in [-0.3, -0.25) is 4.79 Å². The first-order valence-corrected chi connectivity index (χ1v) is 6.49. The molecule has 0 aromatic heterocycles. The number of piperidine rings is 1. The summed E-state index contributed by atoms with van der Waals surface area (Å²) in [4.78, 5) is 11.2. The maximum Gasteiger partial charge on any atom is 0.309 e. The second-order valence-corrected chi connectivity index (χ2v) is 5.67. The molecular weight excluding hydrogens is 230 g/mol. The molecule has 0 aliphatic carbocycles. The first-order chi connectivity index (χ1) is 6.45. The summed E-state index contributed by atoms with van der Waals surface area (Å²) in [6.07, 6.45) is 1.28. The Hall–Kier alpha value is -0.330. The van der Waals surface area contributed by atoms with Gasteiger partial charge >= 0.3 is 5.97 Å². The molecule has 1 fully saturated rings. The SMILES string of the molecule is COC(=O)C1CCCN(S(=O)(=O)Cl)C1. The third-order valence-electron chi connectivity index (χ3n) is 2.23. The minimum absolute atomic E-state index is 0.124. The molecule has 1 saturated heterocycles. The smallest absolute Gasteiger partial charge is 0.309 e. The van der Waals surface area contributed by atoms with E-state index >= 15 is 0 Å². The molecule has 1 heterocycles. The van der Waals surface area contributed by atoms with Crippen LogP contribution in [0.2, 0.25) is 0 Å². The number of ether oxygens (including phenoxy) is 1. The van der Waals surface area contributed by atoms with Gasteiger partial charge in [0.2, 0.25) is 0 Å². The minimum atomic E-state index is -3.70. The number of hydrogen-bond acceptors (Lipinski definition) is 4. The van der Waals surface area contributed by atoms with Crippen molar-refractivity contribution in [1.82, 2.24) is 4.31 Å². The van der Waals surface area contributed by atoms with Crippen LogP contribution in [0.1, 0.15) is 12.8 Å². The van der Waals surface area contributed by atoms with Crippen LogP contribution in [0.3, 0.4) is 0 Å². The van der Waals surface area contributed by atoms with Crippen molar-refractivity contribution >= 4 is 25.9 Å². The molecule has 1 aliphatic heterocycles. The number of esters is 1. The van der Waals surface area contributed by atoms with Crippen molar-refractivity contribution in [3.05, 3.63) is 0 Å². The Morgan fingerprint density at radius 1 is 1.57 bits per heavy atom. The van der Waals surface area contributed by atoms with Crippen LogP contribution in [0.4, 0.5) is 0 Å². The zero-order chi connectivity index (χ0) is 10.8. The highest BCUT2D eigenvalue weighted by Gasteiger charge is 2.31. The van der Waals surface area contributed by atoms with Crippen LogP contribution in [0.15, 0.2) is 0 Å². The normalized spacial score (nSPS) is 24.6. The molecule has 0 bridgehead atoms. The molecule has 0 spiro atoms. The molecule has 1 aliphatic rings. The lowest BCUT2D eigenvalue weighted by Gasteiger charge is -2.28. The Morgan fingerprint density at radius 2 is 2.21 bits per heavy atom. The number of rotatable bonds is 2. The second kappa shape index (κ2) is 4.46. The van der Waals surface area contributed by atoms with Crippen LogP contribution < -0.4 is 0 Å². The van der Waals surface area contributed by atoms with Gasteiger partial charge in [0, 0.05) is 23.8 Å². The zero-order valence-corrected chi connectivity index (χ0v) is 9.34. The molecule has 1 unspecified atom stereocenters. The first-order valence-electron chi connectivity index (χ1n) is 4.22. The molecule has 0 saturated carbocycles. The maximum atomic E-state index is 11.2. The van der Waals surface area contributed by atoms with Crippen LogP contribution in [-0.2, 0) is 18.8 Å². The lowest BCUT2D eigenvalue weighted by atomic mass is 10.0. The van der Waals surface area contributed by atoms with Crippen molar-refractivity contribution in [2.24, 2.45) is 5.92 Å². The van der Waals surface area contributed by atoms with Crippen LogP contribution in [-0.4, -0.2) is 38.9 Å². The number of carbonyl (C=O) groups is 1. The summed E-state index contributed by atoms with van der Waals surface area (Å²) in [6, 6.07) is 0. The van der Waals surface area contributed by atoms with Gasteiger partial charge in [0.05, 0.1) is 13.0 Å². The molecule has 0 radical (unpaired) electrons. The van der Waals surface area contributed by atoms with Gasteiger partial charge in [0.1, 0.15) is 0 Å². The summed E-state index contributed by atoms with van der Waals surface area (Å²) in [7, 11) is 2.76. The molecule has 0 aromatic carbocycles. The summed E-state index contributed by atoms with van der Waals surface area (Å²) in [6.45, 7) is 0.498. The molecule has 0 amide bonds. The molecule has 0 aromatic rings. The largest absolute Gasteiger partial charge is 0.469 e. The van der Waals surface area contributed by atoms with Crippen LogP contribution in [0, 0.1) is 5.92 Å². The van der Waals surface area contributed by atoms with Gasteiger partial charge in [-0.15, -0.1) is 0 Å². The second-order valence-electron chi connectivity index (χ2n) is 3.16. The van der Waals surface area contributed by atoms with E-state index in [2.05, 4.69) is 4.74 Å². The topological polar surface area (TPSA) is 63.7 Å². The molecule has 0 N–H and O–H groups in total. The number of methoxy groups -OCH3 is 1. The Balaban J connectivity index is 2.65. The molecule has 1 rings (SSSR count). The summed E-state index contributed by atoms with van der Waals surface area (Å²) in [5.41, 5.74) is 0. The number of carbonyl (C=O) groups excluding carboxylic acids is 1. The highest BCUT2D eigenvalue weighted by atomic mass is 35.7. The Labute approximate surface area is 87.5 Å². The lowest BCUT2D eigenvalue weighted by molar-refractivity contribution is -0.146. The number of hydrogen-bond donors (Lipinski definition) is 0. The van der Waals surface area contributed by atoms with Gasteiger partial charge in [-0.1, -0.05) is 0 Å². The van der Waals surface area contributed by atoms with Crippen molar-refractivity contribution in [3.8, 4) is 0 Å². The van der Waals surface area contributed by atoms with Gasteiger partial charge in [-0.2, -0.15) is 12.7 Å². The van der Waals surface area contributed by atoms with Crippen molar-refractivity contribution in [2.45, 2.75) is 12.8 Å². The molecule has 7 heteroatoms. The van der Waals surface area contributed by atoms with Gasteiger partial charge in [-0.25, -0.2) is 0 Å². The quantitative estimate of drug-likeness (QED) is 0.517. The van der Waals surface area contributed by atoms with Gasteiger partial charge < -0.3 is 4.74 Å². The molecular formula is C7H12ClNO4S. The zero-order valence-electron chi connectivity index (χ0n) is 7.77. The Morgan fingerprint density at radius 3 is 2.71 bits per heavy atom. The summed E-state index contributed by atoms with van der Waals surface area (Å²) >= 11 is 0. The van der Waals surface area contributed by atoms with Crippen molar-refractivity contribution in [3.63, 3.8) is 0 Å². The van der Waals surface area contributed by atoms with Crippen molar-refractivity contribution in [2.75, 3.05) is 20.2 Å². The van der Waals surface area contributed by atoms with Crippen molar-refractivity contribution in [1.29, 1.82) is 0 Å². The third-order valence-corrected chi connectivity index (χ3v) is 3.76. The van der Waals surface area contributed by atoms with Gasteiger partial charge in [0.15, 0.2) is 0 Å². The number of nitrogens with zero attached hydrogens (tertiary/aromatic N) is 1. The fourth-order valence-corrected chi connectivity index (χ4v) is 2.58. The molecule has 82 valence electrons. The maximum absolute atomic E-state index is 11.2. The van der Waals surface area contributed by atoms with E-state index in [0.29, 0.717) is 19.4 Å². The minimum Gasteiger partial charge on any atom is -0.469 e. The van der Waals surface area contributed by atoms with Crippen LogP contribution >= 0.6 is 10.7 Å². The summed E-state index contributed by atoms with van der Waals surface area (Å²) < 4.78 is 27.6. The first kappa shape index (κ1) is 11.7. The highest BCUT2D eigenvalue weighted by Crippen LogP contribution is 2.21. The highest BCUT2D eigenvalue weighted by molar-refractivity contribution is 8.11. The van der Waals surface area contributed by atoms with Crippen LogP contribution in [0.5, 0.6) is 0 Å². The van der Waals surface area contributed by atoms with E-state index in [-0.39, 0.29) is 18.4 Å². The monoisotopic (exact) mass is 241 g/mol.